The van der Waals surface area contributed by atoms with Crippen molar-refractivity contribution in [2.75, 3.05) is 25.6 Å². The molecule has 1 aliphatic carbocycles. The quantitative estimate of drug-likeness (QED) is 0.858. The van der Waals surface area contributed by atoms with Gasteiger partial charge in [0.15, 0.2) is 5.75 Å². The Morgan fingerprint density at radius 3 is 2.74 bits per heavy atom. The van der Waals surface area contributed by atoms with Crippen LogP contribution in [0.3, 0.4) is 0 Å². The Labute approximate surface area is 115 Å². The molecule has 1 saturated carbocycles. The molecule has 0 amide bonds. The molecule has 1 aliphatic rings. The number of anilines is 1. The molecular formula is C15H24N2O2. The summed E-state index contributed by atoms with van der Waals surface area (Å²) in [5.74, 6) is 0.759. The van der Waals surface area contributed by atoms with Crippen LogP contribution < -0.4 is 10.1 Å². The van der Waals surface area contributed by atoms with Gasteiger partial charge in [-0.15, -0.1) is 0 Å². The van der Waals surface area contributed by atoms with Gasteiger partial charge in [0.2, 0.25) is 0 Å². The van der Waals surface area contributed by atoms with E-state index in [9.17, 15) is 5.11 Å². The summed E-state index contributed by atoms with van der Waals surface area (Å²) < 4.78 is 5.32. The van der Waals surface area contributed by atoms with E-state index in [1.165, 1.54) is 19.3 Å². The third-order valence-electron chi connectivity index (χ3n) is 4.13. The lowest BCUT2D eigenvalue weighted by atomic mass is 9.74. The van der Waals surface area contributed by atoms with Crippen LogP contribution >= 0.6 is 0 Å². The zero-order valence-corrected chi connectivity index (χ0v) is 11.9. The normalized spacial score (nSPS) is 18.1. The molecule has 1 heterocycles. The van der Waals surface area contributed by atoms with Crippen LogP contribution in [0.15, 0.2) is 12.3 Å². The van der Waals surface area contributed by atoms with Crippen molar-refractivity contribution >= 4 is 5.69 Å². The van der Waals surface area contributed by atoms with Gasteiger partial charge in [-0.3, -0.25) is 4.98 Å². The number of rotatable bonds is 5. The molecule has 0 spiro atoms. The molecule has 4 heteroatoms. The minimum atomic E-state index is 0.0282. The second kappa shape index (κ2) is 6.24. The molecule has 0 unspecified atom stereocenters. The number of nitrogens with one attached hydrogen (secondary N) is 1. The van der Waals surface area contributed by atoms with Gasteiger partial charge in [0.05, 0.1) is 25.6 Å². The third kappa shape index (κ3) is 3.38. The van der Waals surface area contributed by atoms with Gasteiger partial charge in [-0.05, 0) is 25.8 Å². The van der Waals surface area contributed by atoms with E-state index in [1.807, 2.05) is 13.0 Å². The molecule has 0 saturated heterocycles. The number of nitrogens with zero attached hydrogens (tertiary/aromatic N) is 1. The van der Waals surface area contributed by atoms with E-state index in [1.54, 1.807) is 13.3 Å². The zero-order chi connectivity index (χ0) is 13.7. The topological polar surface area (TPSA) is 54.4 Å². The van der Waals surface area contributed by atoms with Crippen molar-refractivity contribution in [1.29, 1.82) is 0 Å². The van der Waals surface area contributed by atoms with E-state index in [4.69, 9.17) is 4.74 Å². The fourth-order valence-electron chi connectivity index (χ4n) is 2.82. The van der Waals surface area contributed by atoms with Gasteiger partial charge in [-0.1, -0.05) is 19.3 Å². The minimum Gasteiger partial charge on any atom is -0.493 e. The Morgan fingerprint density at radius 2 is 2.11 bits per heavy atom. The Balaban J connectivity index is 2.06. The van der Waals surface area contributed by atoms with E-state index in [0.717, 1.165) is 36.5 Å². The highest BCUT2D eigenvalue weighted by Gasteiger charge is 2.31. The molecule has 2 rings (SSSR count). The lowest BCUT2D eigenvalue weighted by Gasteiger charge is -2.36. The number of ether oxygens (including phenoxy) is 1. The van der Waals surface area contributed by atoms with Crippen molar-refractivity contribution in [1.82, 2.24) is 4.98 Å². The van der Waals surface area contributed by atoms with E-state index >= 15 is 0 Å². The van der Waals surface area contributed by atoms with Crippen molar-refractivity contribution in [3.63, 3.8) is 0 Å². The summed E-state index contributed by atoms with van der Waals surface area (Å²) in [6.45, 7) is 3.02. The van der Waals surface area contributed by atoms with Crippen molar-refractivity contribution in [3.8, 4) is 5.75 Å². The van der Waals surface area contributed by atoms with Gasteiger partial charge in [0.25, 0.3) is 0 Å². The lowest BCUT2D eigenvalue weighted by Crippen LogP contribution is -2.35. The molecule has 106 valence electrons. The van der Waals surface area contributed by atoms with E-state index in [2.05, 4.69) is 10.3 Å². The Hall–Kier alpha value is -1.29. The average molecular weight is 264 g/mol. The summed E-state index contributed by atoms with van der Waals surface area (Å²) >= 11 is 0. The van der Waals surface area contributed by atoms with Crippen LogP contribution in [0.25, 0.3) is 0 Å². The summed E-state index contributed by atoms with van der Waals surface area (Å²) in [4.78, 5) is 4.23. The second-order valence-electron chi connectivity index (χ2n) is 5.60. The summed E-state index contributed by atoms with van der Waals surface area (Å²) in [5, 5.41) is 13.2. The first-order valence-corrected chi connectivity index (χ1v) is 7.04. The largest absolute Gasteiger partial charge is 0.493 e. The number of hydrogen-bond acceptors (Lipinski definition) is 4. The van der Waals surface area contributed by atoms with Crippen LogP contribution in [0.1, 0.15) is 37.8 Å². The maximum Gasteiger partial charge on any atom is 0.160 e. The summed E-state index contributed by atoms with van der Waals surface area (Å²) in [6.07, 6.45) is 7.67. The van der Waals surface area contributed by atoms with Crippen LogP contribution in [-0.2, 0) is 0 Å². The van der Waals surface area contributed by atoms with Crippen molar-refractivity contribution in [3.05, 3.63) is 18.0 Å². The van der Waals surface area contributed by atoms with Crippen LogP contribution in [0.2, 0.25) is 0 Å². The monoisotopic (exact) mass is 264 g/mol. The van der Waals surface area contributed by atoms with Crippen molar-refractivity contribution < 1.29 is 9.84 Å². The van der Waals surface area contributed by atoms with Gasteiger partial charge >= 0.3 is 0 Å². The summed E-state index contributed by atoms with van der Waals surface area (Å²) in [6, 6.07) is 1.99. The van der Waals surface area contributed by atoms with E-state index < -0.39 is 0 Å². The molecule has 1 aromatic rings. The summed E-state index contributed by atoms with van der Waals surface area (Å²) in [5.41, 5.74) is 1.96. The standard InChI is InChI=1S/C15H24N2O2/c1-12-8-13(14(19-2)9-16-12)17-10-15(11-18)6-4-3-5-7-15/h8-9,18H,3-7,10-11H2,1-2H3,(H,16,17). The minimum absolute atomic E-state index is 0.0282. The molecule has 0 atom stereocenters. The smallest absolute Gasteiger partial charge is 0.160 e. The molecule has 0 bridgehead atoms. The number of aliphatic hydroxyl groups is 1. The highest BCUT2D eigenvalue weighted by molar-refractivity contribution is 5.56. The van der Waals surface area contributed by atoms with Crippen molar-refractivity contribution in [2.24, 2.45) is 5.41 Å². The number of methoxy groups -OCH3 is 1. The maximum absolute atomic E-state index is 9.72. The Kier molecular flexibility index (Phi) is 4.64. The number of aryl methyl sites for hydroxylation is 1. The molecule has 0 aliphatic heterocycles. The highest BCUT2D eigenvalue weighted by Crippen LogP contribution is 2.36. The maximum atomic E-state index is 9.72. The average Bonchev–Trinajstić information content (AvgIpc) is 2.46. The Morgan fingerprint density at radius 1 is 1.37 bits per heavy atom. The number of pyridine rings is 1. The van der Waals surface area contributed by atoms with Crippen LogP contribution in [-0.4, -0.2) is 30.4 Å². The molecule has 4 nitrogen and oxygen atoms in total. The zero-order valence-electron chi connectivity index (χ0n) is 11.9. The second-order valence-corrected chi connectivity index (χ2v) is 5.60. The van der Waals surface area contributed by atoms with Gasteiger partial charge < -0.3 is 15.2 Å². The van der Waals surface area contributed by atoms with E-state index in [-0.39, 0.29) is 12.0 Å². The first-order chi connectivity index (χ1) is 9.19. The molecular weight excluding hydrogens is 240 g/mol. The number of hydrogen-bond donors (Lipinski definition) is 2. The van der Waals surface area contributed by atoms with Crippen LogP contribution in [0.5, 0.6) is 5.75 Å². The van der Waals surface area contributed by atoms with Crippen LogP contribution in [0.4, 0.5) is 5.69 Å². The molecule has 0 aromatic carbocycles. The molecule has 19 heavy (non-hydrogen) atoms. The highest BCUT2D eigenvalue weighted by atomic mass is 16.5. The molecule has 1 fully saturated rings. The third-order valence-corrected chi connectivity index (χ3v) is 4.13. The molecule has 2 N–H and O–H groups in total. The van der Waals surface area contributed by atoms with Gasteiger partial charge in [-0.25, -0.2) is 0 Å². The first-order valence-electron chi connectivity index (χ1n) is 7.04. The molecule has 0 radical (unpaired) electrons. The first kappa shape index (κ1) is 14.1. The lowest BCUT2D eigenvalue weighted by molar-refractivity contribution is 0.0943. The van der Waals surface area contributed by atoms with Crippen LogP contribution in [0, 0.1) is 12.3 Å². The summed E-state index contributed by atoms with van der Waals surface area (Å²) in [7, 11) is 1.65. The van der Waals surface area contributed by atoms with Gasteiger partial charge in [0.1, 0.15) is 0 Å². The Bertz CT molecular complexity index is 415. The number of aliphatic hydroxyl groups excluding tert-OH is 1. The predicted molar refractivity (Wildman–Crippen MR) is 76.6 cm³/mol. The van der Waals surface area contributed by atoms with Gasteiger partial charge in [-0.2, -0.15) is 0 Å². The predicted octanol–water partition coefficient (Wildman–Crippen LogP) is 2.75. The van der Waals surface area contributed by atoms with Crippen molar-refractivity contribution in [2.45, 2.75) is 39.0 Å². The fourth-order valence-corrected chi connectivity index (χ4v) is 2.82. The van der Waals surface area contributed by atoms with Gasteiger partial charge in [0, 0.05) is 17.7 Å². The number of aromatic nitrogens is 1. The SMILES string of the molecule is COc1cnc(C)cc1NCC1(CO)CCCCC1. The molecule has 1 aromatic heterocycles. The fraction of sp³-hybridized carbons (Fsp3) is 0.667. The van der Waals surface area contributed by atoms with E-state index in [0.29, 0.717) is 0 Å².